The van der Waals surface area contributed by atoms with Crippen LogP contribution < -0.4 is 0 Å². The van der Waals surface area contributed by atoms with Crippen molar-refractivity contribution in [2.75, 3.05) is 0 Å². The fraction of sp³-hybridized carbons (Fsp3) is 0. The number of fused-ring (bicyclic) bond motifs is 1. The van der Waals surface area contributed by atoms with E-state index in [0.717, 1.165) is 0 Å². The number of hydrogen-bond donors (Lipinski definition) is 1. The molecule has 2 aromatic carbocycles. The fourth-order valence-corrected chi connectivity index (χ4v) is 1.18. The largest absolute Gasteiger partial charge is 0.477 e. The molecule has 0 bridgehead atoms. The van der Waals surface area contributed by atoms with Crippen LogP contribution in [0.15, 0.2) is 60.7 Å². The molecule has 3 nitrogen and oxygen atoms in total. The van der Waals surface area contributed by atoms with Crippen molar-refractivity contribution < 1.29 is 9.90 Å². The smallest absolute Gasteiger partial charge is 0.345 e. The molecule has 0 amide bonds. The van der Waals surface area contributed by atoms with Crippen molar-refractivity contribution in [1.29, 1.82) is 5.26 Å². The lowest BCUT2D eigenvalue weighted by Crippen LogP contribution is -1.94. The van der Waals surface area contributed by atoms with E-state index in [1.807, 2.05) is 0 Å². The number of carboxylic acids is 1. The van der Waals surface area contributed by atoms with Gasteiger partial charge in [-0.3, -0.25) is 0 Å². The lowest BCUT2D eigenvalue weighted by Gasteiger charge is -1.92. The van der Waals surface area contributed by atoms with Crippen LogP contribution in [0.3, 0.4) is 0 Å². The molecule has 3 heteroatoms. The zero-order chi connectivity index (χ0) is 12.7. The summed E-state index contributed by atoms with van der Waals surface area (Å²) in [6, 6.07) is 18.1. The molecule has 84 valence electrons. The van der Waals surface area contributed by atoms with Gasteiger partial charge in [-0.05, 0) is 10.8 Å². The third kappa shape index (κ3) is 3.80. The lowest BCUT2D eigenvalue weighted by molar-refractivity contribution is -0.132. The summed E-state index contributed by atoms with van der Waals surface area (Å²) in [5, 5.41) is 18.3. The third-order valence-electron chi connectivity index (χ3n) is 2.05. The third-order valence-corrected chi connectivity index (χ3v) is 2.05. The van der Waals surface area contributed by atoms with E-state index < -0.39 is 11.5 Å². The number of hydrogen-bond acceptors (Lipinski definition) is 2. The predicted molar refractivity (Wildman–Crippen MR) is 66.3 cm³/mol. The molecule has 0 aliphatic heterocycles. The molecule has 0 spiro atoms. The molecule has 0 unspecified atom stereocenters. The standard InChI is InChI=1S/C10H8.C4H3NO2/c1-2-6-10-8-4-3-7-9(10)5-1;1-3(2-5)4(6)7/h1-8H;1H2,(H,6,7). The van der Waals surface area contributed by atoms with Gasteiger partial charge in [0.05, 0.1) is 0 Å². The summed E-state index contributed by atoms with van der Waals surface area (Å²) >= 11 is 0. The minimum Gasteiger partial charge on any atom is -0.477 e. The molecular weight excluding hydrogens is 214 g/mol. The second-order valence-electron chi connectivity index (χ2n) is 3.24. The maximum atomic E-state index is 9.61. The summed E-state index contributed by atoms with van der Waals surface area (Å²) in [5.74, 6) is -1.26. The summed E-state index contributed by atoms with van der Waals surface area (Å²) < 4.78 is 0. The molecule has 1 N–H and O–H groups in total. The Kier molecular flexibility index (Phi) is 4.46. The maximum absolute atomic E-state index is 9.61. The number of nitriles is 1. The van der Waals surface area contributed by atoms with E-state index in [2.05, 4.69) is 55.1 Å². The summed E-state index contributed by atoms with van der Waals surface area (Å²) in [6.45, 7) is 2.91. The minimum absolute atomic E-state index is 0.431. The van der Waals surface area contributed by atoms with Gasteiger partial charge in [0.25, 0.3) is 0 Å². The van der Waals surface area contributed by atoms with E-state index in [-0.39, 0.29) is 0 Å². The fourth-order valence-electron chi connectivity index (χ4n) is 1.18. The molecular formula is C14H11NO2. The van der Waals surface area contributed by atoms with Crippen molar-refractivity contribution in [3.8, 4) is 6.07 Å². The van der Waals surface area contributed by atoms with Crippen molar-refractivity contribution in [3.63, 3.8) is 0 Å². The Labute approximate surface area is 99.2 Å². The Morgan fingerprint density at radius 1 is 1.06 bits per heavy atom. The van der Waals surface area contributed by atoms with Crippen LogP contribution in [0.4, 0.5) is 0 Å². The Morgan fingerprint density at radius 2 is 1.41 bits per heavy atom. The molecule has 0 saturated heterocycles. The van der Waals surface area contributed by atoms with Crippen LogP contribution in [0, 0.1) is 11.3 Å². The Balaban J connectivity index is 0.000000185. The van der Waals surface area contributed by atoms with Gasteiger partial charge in [-0.2, -0.15) is 5.26 Å². The van der Waals surface area contributed by atoms with Crippen molar-refractivity contribution in [2.24, 2.45) is 0 Å². The maximum Gasteiger partial charge on any atom is 0.345 e. The van der Waals surface area contributed by atoms with E-state index in [9.17, 15) is 4.79 Å². The number of carboxylic acid groups (broad SMARTS) is 1. The first-order chi connectivity index (χ1) is 8.15. The van der Waals surface area contributed by atoms with Crippen LogP contribution in [0.1, 0.15) is 0 Å². The van der Waals surface area contributed by atoms with Crippen LogP contribution in [0.2, 0.25) is 0 Å². The summed E-state index contributed by atoms with van der Waals surface area (Å²) in [5.41, 5.74) is -0.431. The van der Waals surface area contributed by atoms with Crippen molar-refractivity contribution in [3.05, 3.63) is 60.7 Å². The Morgan fingerprint density at radius 3 is 1.59 bits per heavy atom. The van der Waals surface area contributed by atoms with Crippen LogP contribution in [-0.2, 0) is 4.79 Å². The molecule has 2 rings (SSSR count). The normalized spacial score (nSPS) is 8.65. The second-order valence-corrected chi connectivity index (χ2v) is 3.24. The van der Waals surface area contributed by atoms with E-state index in [4.69, 9.17) is 10.4 Å². The lowest BCUT2D eigenvalue weighted by atomic mass is 10.1. The molecule has 0 aliphatic rings. The first-order valence-corrected chi connectivity index (χ1v) is 4.91. The molecule has 0 heterocycles. The highest BCUT2D eigenvalue weighted by Crippen LogP contribution is 2.11. The van der Waals surface area contributed by atoms with Gasteiger partial charge in [-0.25, -0.2) is 4.79 Å². The van der Waals surface area contributed by atoms with E-state index >= 15 is 0 Å². The molecule has 0 aliphatic carbocycles. The molecule has 0 fully saturated rings. The van der Waals surface area contributed by atoms with Gasteiger partial charge in [0.1, 0.15) is 11.6 Å². The molecule has 0 atom stereocenters. The van der Waals surface area contributed by atoms with Gasteiger partial charge in [-0.1, -0.05) is 55.1 Å². The average Bonchev–Trinajstić information content (AvgIpc) is 2.38. The summed E-state index contributed by atoms with van der Waals surface area (Å²) in [6.07, 6.45) is 0. The Bertz CT molecular complexity index is 517. The highest BCUT2D eigenvalue weighted by atomic mass is 16.4. The molecule has 0 saturated carbocycles. The topological polar surface area (TPSA) is 61.1 Å². The average molecular weight is 225 g/mol. The van der Waals surface area contributed by atoms with E-state index in [1.54, 1.807) is 0 Å². The van der Waals surface area contributed by atoms with E-state index in [1.165, 1.54) is 16.8 Å². The van der Waals surface area contributed by atoms with Crippen molar-refractivity contribution in [2.45, 2.75) is 0 Å². The number of benzene rings is 2. The van der Waals surface area contributed by atoms with Crippen molar-refractivity contribution >= 4 is 16.7 Å². The van der Waals surface area contributed by atoms with Crippen LogP contribution in [0.25, 0.3) is 10.8 Å². The number of rotatable bonds is 1. The number of carbonyl (C=O) groups is 1. The molecule has 0 aromatic heterocycles. The van der Waals surface area contributed by atoms with Gasteiger partial charge in [-0.15, -0.1) is 0 Å². The first kappa shape index (κ1) is 12.5. The van der Waals surface area contributed by atoms with Gasteiger partial charge in [0, 0.05) is 0 Å². The van der Waals surface area contributed by atoms with Gasteiger partial charge < -0.3 is 5.11 Å². The van der Waals surface area contributed by atoms with Gasteiger partial charge in [0.2, 0.25) is 0 Å². The Hall–Kier alpha value is -2.60. The van der Waals surface area contributed by atoms with Crippen LogP contribution in [0.5, 0.6) is 0 Å². The van der Waals surface area contributed by atoms with Crippen LogP contribution >= 0.6 is 0 Å². The molecule has 17 heavy (non-hydrogen) atoms. The summed E-state index contributed by atoms with van der Waals surface area (Å²) in [7, 11) is 0. The SMILES string of the molecule is C=C(C#N)C(=O)O.c1ccc2ccccc2c1. The second kappa shape index (κ2) is 6.09. The highest BCUT2D eigenvalue weighted by Gasteiger charge is 1.97. The zero-order valence-electron chi connectivity index (χ0n) is 9.13. The monoisotopic (exact) mass is 225 g/mol. The van der Waals surface area contributed by atoms with E-state index in [0.29, 0.717) is 0 Å². The molecule has 2 aromatic rings. The van der Waals surface area contributed by atoms with Gasteiger partial charge >= 0.3 is 5.97 Å². The van der Waals surface area contributed by atoms with Crippen molar-refractivity contribution in [1.82, 2.24) is 0 Å². The first-order valence-electron chi connectivity index (χ1n) is 4.91. The molecule has 0 radical (unpaired) electrons. The van der Waals surface area contributed by atoms with Gasteiger partial charge in [0.15, 0.2) is 0 Å². The predicted octanol–water partition coefficient (Wildman–Crippen LogP) is 2.99. The minimum atomic E-state index is -1.26. The quantitative estimate of drug-likeness (QED) is 0.599. The number of nitrogens with zero attached hydrogens (tertiary/aromatic N) is 1. The summed E-state index contributed by atoms with van der Waals surface area (Å²) in [4.78, 5) is 9.61. The number of aliphatic carboxylic acids is 1. The zero-order valence-corrected chi connectivity index (χ0v) is 9.13. The van der Waals surface area contributed by atoms with Crippen LogP contribution in [-0.4, -0.2) is 11.1 Å². The highest BCUT2D eigenvalue weighted by molar-refractivity contribution is 5.90.